The Kier molecular flexibility index (Phi) is 7.94. The number of ketones is 2. The van der Waals surface area contributed by atoms with Crippen LogP contribution < -0.4 is 11.1 Å². The van der Waals surface area contributed by atoms with Crippen molar-refractivity contribution in [2.75, 3.05) is 19.4 Å². The Morgan fingerprint density at radius 3 is 2.39 bits per heavy atom. The summed E-state index contributed by atoms with van der Waals surface area (Å²) >= 11 is 10.1. The first kappa shape index (κ1) is 31.7. The van der Waals surface area contributed by atoms with Gasteiger partial charge in [0.15, 0.2) is 17.1 Å². The molecular formula is C31H31BrClN3O8. The minimum Gasteiger partial charge on any atom is -0.510 e. The number of nitrogens with zero attached hydrogens (tertiary/aromatic N) is 1. The number of primary amides is 1. The van der Waals surface area contributed by atoms with Gasteiger partial charge in [0, 0.05) is 11.5 Å². The SMILES string of the molecule is CCC(Br)(C(=O)Nc1c(Cl)cc2c(c1O)C(=O)C1=C(O)[C@]3(O)C(=O)C(C(N)=O)=C(O)[C@@H](N(C)C)C3CC1C2)c1ccccc1. The number of fused-ring (bicyclic) bond motifs is 3. The van der Waals surface area contributed by atoms with Crippen LogP contribution in [0.5, 0.6) is 5.75 Å². The number of carbonyl (C=O) groups is 4. The Bertz CT molecular complexity index is 1690. The second-order valence-corrected chi connectivity index (χ2v) is 13.3. The third-order valence-corrected chi connectivity index (χ3v) is 10.7. The molecule has 0 aliphatic heterocycles. The number of aromatic hydroxyl groups is 1. The van der Waals surface area contributed by atoms with E-state index in [9.17, 15) is 39.6 Å². The van der Waals surface area contributed by atoms with Crippen LogP contribution in [0.1, 0.15) is 41.3 Å². The summed E-state index contributed by atoms with van der Waals surface area (Å²) in [6.07, 6.45) is 0.340. The van der Waals surface area contributed by atoms with Crippen LogP contribution >= 0.6 is 27.5 Å². The number of allylic oxidation sites excluding steroid dienone is 1. The number of phenols is 1. The van der Waals surface area contributed by atoms with E-state index < -0.39 is 74.0 Å². The lowest BCUT2D eigenvalue weighted by Crippen LogP contribution is -2.63. The Morgan fingerprint density at radius 1 is 1.18 bits per heavy atom. The number of nitrogens with one attached hydrogen (secondary N) is 1. The molecule has 0 heterocycles. The lowest BCUT2D eigenvalue weighted by Gasteiger charge is -2.50. The van der Waals surface area contributed by atoms with Gasteiger partial charge in [-0.25, -0.2) is 0 Å². The summed E-state index contributed by atoms with van der Waals surface area (Å²) < 4.78 is -1.20. The van der Waals surface area contributed by atoms with Gasteiger partial charge in [0.05, 0.1) is 16.6 Å². The van der Waals surface area contributed by atoms with Gasteiger partial charge in [-0.3, -0.25) is 24.1 Å². The molecule has 11 nitrogen and oxygen atoms in total. The molecule has 0 fully saturated rings. The topological polar surface area (TPSA) is 190 Å². The third kappa shape index (κ3) is 4.46. The van der Waals surface area contributed by atoms with Crippen molar-refractivity contribution in [3.8, 4) is 5.75 Å². The smallest absolute Gasteiger partial charge is 0.255 e. The fourth-order valence-corrected chi connectivity index (χ4v) is 7.43. The van der Waals surface area contributed by atoms with E-state index in [1.807, 2.05) is 0 Å². The van der Waals surface area contributed by atoms with Crippen molar-refractivity contribution in [1.29, 1.82) is 0 Å². The number of nitrogens with two attached hydrogens (primary N) is 1. The fourth-order valence-electron chi connectivity index (χ4n) is 6.80. The average molecular weight is 689 g/mol. The second kappa shape index (κ2) is 11.0. The zero-order valence-electron chi connectivity index (χ0n) is 24.0. The molecule has 5 atom stereocenters. The summed E-state index contributed by atoms with van der Waals surface area (Å²) in [5, 5.41) is 48.0. The summed E-state index contributed by atoms with van der Waals surface area (Å²) in [7, 11) is 3.11. The van der Waals surface area contributed by atoms with Gasteiger partial charge in [0.2, 0.25) is 11.7 Å². The van der Waals surface area contributed by atoms with Crippen LogP contribution in [-0.4, -0.2) is 74.4 Å². The molecule has 0 saturated carbocycles. The molecule has 2 aromatic rings. The number of aliphatic hydroxyl groups is 3. The number of halogens is 2. The Morgan fingerprint density at radius 2 is 1.82 bits per heavy atom. The van der Waals surface area contributed by atoms with Crippen LogP contribution in [0.4, 0.5) is 5.69 Å². The normalized spacial score (nSPS) is 26.1. The van der Waals surface area contributed by atoms with E-state index in [4.69, 9.17) is 17.3 Å². The number of rotatable bonds is 6. The molecule has 0 spiro atoms. The largest absolute Gasteiger partial charge is 0.510 e. The highest BCUT2D eigenvalue weighted by molar-refractivity contribution is 9.10. The minimum absolute atomic E-state index is 0.0314. The highest BCUT2D eigenvalue weighted by atomic mass is 79.9. The highest BCUT2D eigenvalue weighted by Crippen LogP contribution is 2.53. The molecule has 7 N–H and O–H groups in total. The van der Waals surface area contributed by atoms with Crippen LogP contribution in [0.3, 0.4) is 0 Å². The predicted molar refractivity (Wildman–Crippen MR) is 165 cm³/mol. The molecular weight excluding hydrogens is 658 g/mol. The van der Waals surface area contributed by atoms with Crippen LogP contribution in [0.2, 0.25) is 5.02 Å². The summed E-state index contributed by atoms with van der Waals surface area (Å²) in [6.45, 7) is 1.79. The number of phenolic OH excluding ortho intramolecular Hbond substituents is 1. The van der Waals surface area contributed by atoms with Gasteiger partial charge in [-0.2, -0.15) is 0 Å². The van der Waals surface area contributed by atoms with Crippen molar-refractivity contribution in [1.82, 2.24) is 4.90 Å². The number of alkyl halides is 1. The van der Waals surface area contributed by atoms with Crippen LogP contribution in [0.15, 0.2) is 59.1 Å². The zero-order chi connectivity index (χ0) is 32.5. The number of hydrogen-bond donors (Lipinski definition) is 6. The van der Waals surface area contributed by atoms with Gasteiger partial charge in [-0.05, 0) is 56.5 Å². The maximum Gasteiger partial charge on any atom is 0.255 e. The average Bonchev–Trinajstić information content (AvgIpc) is 2.96. The van der Waals surface area contributed by atoms with Crippen molar-refractivity contribution in [3.63, 3.8) is 0 Å². The van der Waals surface area contributed by atoms with E-state index >= 15 is 0 Å². The zero-order valence-corrected chi connectivity index (χ0v) is 26.4. The maximum absolute atomic E-state index is 14.0. The molecule has 2 amide bonds. The highest BCUT2D eigenvalue weighted by Gasteiger charge is 2.63. The minimum atomic E-state index is -2.75. The van der Waals surface area contributed by atoms with Gasteiger partial charge >= 0.3 is 0 Å². The first-order chi connectivity index (χ1) is 20.6. The maximum atomic E-state index is 14.0. The third-order valence-electron chi connectivity index (χ3n) is 8.98. The molecule has 3 unspecified atom stereocenters. The lowest BCUT2D eigenvalue weighted by atomic mass is 9.58. The van der Waals surface area contributed by atoms with Crippen LogP contribution in [-0.2, 0) is 25.1 Å². The number of likely N-dealkylation sites (N-methyl/N-ethyl adjacent to an activating group) is 1. The van der Waals surface area contributed by atoms with Crippen molar-refractivity contribution >= 4 is 56.6 Å². The lowest BCUT2D eigenvalue weighted by molar-refractivity contribution is -0.148. The number of carbonyl (C=O) groups excluding carboxylic acids is 4. The van der Waals surface area contributed by atoms with E-state index in [-0.39, 0.29) is 34.7 Å². The van der Waals surface area contributed by atoms with Crippen LogP contribution in [0.25, 0.3) is 0 Å². The van der Waals surface area contributed by atoms with Crippen molar-refractivity contribution in [2.45, 2.75) is 42.2 Å². The summed E-state index contributed by atoms with van der Waals surface area (Å²) in [6, 6.07) is 9.23. The number of benzene rings is 2. The molecule has 44 heavy (non-hydrogen) atoms. The standard InChI is InChI=1S/C31H31BrClN3O8/c1-4-30(32,15-8-6-5-7-9-15)29(43)35-21-17(33)12-14-10-13-11-16-22(36(2)3)25(39)20(28(34)42)27(41)31(16,44)26(40)19(13)23(37)18(14)24(21)38/h5-9,12-13,16,22,38-40,44H,4,10-11H2,1-3H3,(H2,34,42)(H,35,43)/t13?,16?,22-,30?,31-/m0/s1. The van der Waals surface area contributed by atoms with Crippen molar-refractivity contribution in [2.24, 2.45) is 17.6 Å². The molecule has 13 heteroatoms. The summed E-state index contributed by atoms with van der Waals surface area (Å²) in [5.41, 5.74) is 1.91. The van der Waals surface area contributed by atoms with Gasteiger partial charge < -0.3 is 31.5 Å². The second-order valence-electron chi connectivity index (χ2n) is 11.6. The fraction of sp³-hybridized carbons (Fsp3) is 0.355. The molecule has 0 aromatic heterocycles. The predicted octanol–water partition coefficient (Wildman–Crippen LogP) is 3.41. The number of aliphatic hydroxyl groups excluding tert-OH is 2. The quantitative estimate of drug-likeness (QED) is 0.150. The van der Waals surface area contributed by atoms with Crippen molar-refractivity contribution < 1.29 is 39.6 Å². The van der Waals surface area contributed by atoms with Crippen LogP contribution in [0, 0.1) is 11.8 Å². The number of hydrogen-bond acceptors (Lipinski definition) is 9. The molecule has 2 aromatic carbocycles. The first-order valence-electron chi connectivity index (χ1n) is 13.9. The van der Waals surface area contributed by atoms with Gasteiger partial charge in [0.1, 0.15) is 27.1 Å². The monoisotopic (exact) mass is 687 g/mol. The number of anilines is 1. The van der Waals surface area contributed by atoms with Gasteiger partial charge in [-0.15, -0.1) is 0 Å². The van der Waals surface area contributed by atoms with E-state index in [0.29, 0.717) is 17.5 Å². The number of amides is 2. The molecule has 0 saturated heterocycles. The van der Waals surface area contributed by atoms with Crippen molar-refractivity contribution in [3.05, 3.63) is 80.8 Å². The molecule has 232 valence electrons. The van der Waals surface area contributed by atoms with Gasteiger partial charge in [0.25, 0.3) is 5.91 Å². The summed E-state index contributed by atoms with van der Waals surface area (Å²) in [4.78, 5) is 54.6. The summed E-state index contributed by atoms with van der Waals surface area (Å²) in [5.74, 6) is -8.23. The number of Topliss-reactive ketones (excluding diaryl/α,β-unsaturated/α-hetero) is 2. The first-order valence-corrected chi connectivity index (χ1v) is 15.0. The van der Waals surface area contributed by atoms with E-state index in [1.54, 1.807) is 51.4 Å². The van der Waals surface area contributed by atoms with E-state index in [0.717, 1.165) is 0 Å². The molecule has 5 rings (SSSR count). The Labute approximate surface area is 266 Å². The Hall–Kier alpha value is -3.71. The molecule has 0 radical (unpaired) electrons. The van der Waals surface area contributed by atoms with E-state index in [2.05, 4.69) is 21.2 Å². The molecule has 0 bridgehead atoms. The molecule has 3 aliphatic carbocycles. The van der Waals surface area contributed by atoms with E-state index in [1.165, 1.54) is 11.0 Å². The molecule has 3 aliphatic rings. The Balaban J connectivity index is 1.61. The van der Waals surface area contributed by atoms with Gasteiger partial charge in [-0.1, -0.05) is 64.8 Å².